The van der Waals surface area contributed by atoms with Crippen molar-refractivity contribution in [3.05, 3.63) is 59.7 Å². The van der Waals surface area contributed by atoms with E-state index in [4.69, 9.17) is 29.3 Å². The fourth-order valence-electron chi connectivity index (χ4n) is 4.43. The van der Waals surface area contributed by atoms with Crippen LogP contribution in [-0.2, 0) is 17.8 Å². The van der Waals surface area contributed by atoms with Crippen molar-refractivity contribution in [2.24, 2.45) is 0 Å². The van der Waals surface area contributed by atoms with E-state index in [1.165, 1.54) is 11.8 Å². The SMILES string of the molecule is CCOc1ccccc1NC(=O)CSc1nc2cc(OC)c(OC)cc2c2nc(CCn3nc(C)cc3C)nn12. The first kappa shape index (κ1) is 27.3. The van der Waals surface area contributed by atoms with Crippen molar-refractivity contribution in [3.8, 4) is 17.2 Å². The van der Waals surface area contributed by atoms with E-state index in [1.54, 1.807) is 24.8 Å². The number of hydrogen-bond acceptors (Lipinski definition) is 9. The summed E-state index contributed by atoms with van der Waals surface area (Å²) in [5.74, 6) is 2.32. The Balaban J connectivity index is 1.46. The number of benzene rings is 2. The van der Waals surface area contributed by atoms with Crippen LogP contribution in [0.3, 0.4) is 0 Å². The van der Waals surface area contributed by atoms with Gasteiger partial charge in [-0.3, -0.25) is 9.48 Å². The van der Waals surface area contributed by atoms with Crippen LogP contribution < -0.4 is 19.5 Å². The number of nitrogens with zero attached hydrogens (tertiary/aromatic N) is 6. The summed E-state index contributed by atoms with van der Waals surface area (Å²) in [4.78, 5) is 22.6. The molecule has 0 atom stereocenters. The van der Waals surface area contributed by atoms with Gasteiger partial charge < -0.3 is 19.5 Å². The molecule has 208 valence electrons. The predicted octanol–water partition coefficient (Wildman–Crippen LogP) is 4.48. The third-order valence-electron chi connectivity index (χ3n) is 6.23. The summed E-state index contributed by atoms with van der Waals surface area (Å²) in [6.45, 7) is 7.05. The molecule has 12 heteroatoms. The monoisotopic (exact) mass is 561 g/mol. The van der Waals surface area contributed by atoms with E-state index in [9.17, 15) is 4.79 Å². The number of thioether (sulfide) groups is 1. The standard InChI is InChI=1S/C28H31N7O4S/c1-6-39-22-10-8-7-9-20(22)29-26(36)16-40-28-30-21-15-24(38-5)23(37-4)14-19(21)27-31-25(33-35(27)28)11-12-34-18(3)13-17(2)32-34/h7-10,13-15H,6,11-12,16H2,1-5H3,(H,29,36). The zero-order chi connectivity index (χ0) is 28.2. The first-order valence-corrected chi connectivity index (χ1v) is 13.9. The molecule has 0 aliphatic heterocycles. The molecular formula is C28H31N7O4S. The molecule has 3 heterocycles. The lowest BCUT2D eigenvalue weighted by atomic mass is 10.2. The van der Waals surface area contributed by atoms with E-state index >= 15 is 0 Å². The molecule has 0 unspecified atom stereocenters. The highest BCUT2D eigenvalue weighted by molar-refractivity contribution is 7.99. The average Bonchev–Trinajstić information content (AvgIpc) is 3.53. The summed E-state index contributed by atoms with van der Waals surface area (Å²) in [5.41, 5.74) is 3.96. The van der Waals surface area contributed by atoms with E-state index in [-0.39, 0.29) is 11.7 Å². The Hall–Kier alpha value is -4.32. The molecule has 0 radical (unpaired) electrons. The second-order valence-electron chi connectivity index (χ2n) is 9.05. The summed E-state index contributed by atoms with van der Waals surface area (Å²) in [7, 11) is 3.17. The molecule has 0 fully saturated rings. The smallest absolute Gasteiger partial charge is 0.234 e. The third-order valence-corrected chi connectivity index (χ3v) is 7.16. The van der Waals surface area contributed by atoms with Crippen LogP contribution in [0.2, 0.25) is 0 Å². The number of carbonyl (C=O) groups is 1. The van der Waals surface area contributed by atoms with Gasteiger partial charge in [0.05, 0.1) is 43.5 Å². The molecule has 0 aliphatic rings. The number of para-hydroxylation sites is 2. The molecule has 0 saturated carbocycles. The van der Waals surface area contributed by atoms with Gasteiger partial charge in [0.2, 0.25) is 5.91 Å². The number of aromatic nitrogens is 6. The number of anilines is 1. The first-order chi connectivity index (χ1) is 19.4. The molecule has 5 aromatic rings. The minimum atomic E-state index is -0.190. The second-order valence-corrected chi connectivity index (χ2v) is 9.99. The van der Waals surface area contributed by atoms with E-state index in [0.717, 1.165) is 16.8 Å². The third kappa shape index (κ3) is 5.67. The highest BCUT2D eigenvalue weighted by atomic mass is 32.2. The normalized spacial score (nSPS) is 11.2. The lowest BCUT2D eigenvalue weighted by molar-refractivity contribution is -0.113. The van der Waals surface area contributed by atoms with Crippen molar-refractivity contribution in [1.82, 2.24) is 29.4 Å². The molecule has 3 aromatic heterocycles. The number of amides is 1. The van der Waals surface area contributed by atoms with Gasteiger partial charge in [-0.1, -0.05) is 23.9 Å². The number of hydrogen-bond donors (Lipinski definition) is 1. The Morgan fingerprint density at radius 2 is 1.77 bits per heavy atom. The molecular weight excluding hydrogens is 530 g/mol. The maximum atomic E-state index is 12.9. The molecule has 1 N–H and O–H groups in total. The quantitative estimate of drug-likeness (QED) is 0.184. The van der Waals surface area contributed by atoms with Gasteiger partial charge in [0.25, 0.3) is 0 Å². The summed E-state index contributed by atoms with van der Waals surface area (Å²) in [6, 6.07) is 13.1. The Morgan fingerprint density at radius 1 is 1.00 bits per heavy atom. The van der Waals surface area contributed by atoms with Crippen molar-refractivity contribution in [1.29, 1.82) is 0 Å². The number of methoxy groups -OCH3 is 2. The summed E-state index contributed by atoms with van der Waals surface area (Å²) < 4.78 is 20.3. The topological polar surface area (TPSA) is 118 Å². The van der Waals surface area contributed by atoms with Crippen molar-refractivity contribution in [2.45, 2.75) is 38.9 Å². The molecule has 2 aromatic carbocycles. The molecule has 0 spiro atoms. The van der Waals surface area contributed by atoms with Gasteiger partial charge in [0.15, 0.2) is 28.1 Å². The lowest BCUT2D eigenvalue weighted by Crippen LogP contribution is -2.15. The van der Waals surface area contributed by atoms with E-state index in [2.05, 4.69) is 10.4 Å². The van der Waals surface area contributed by atoms with Crippen LogP contribution >= 0.6 is 11.8 Å². The van der Waals surface area contributed by atoms with Gasteiger partial charge in [-0.15, -0.1) is 5.10 Å². The molecule has 5 rings (SSSR count). The largest absolute Gasteiger partial charge is 0.493 e. The number of rotatable bonds is 11. The zero-order valence-electron chi connectivity index (χ0n) is 23.1. The average molecular weight is 562 g/mol. The molecule has 0 bridgehead atoms. The van der Waals surface area contributed by atoms with Crippen LogP contribution in [0.4, 0.5) is 5.69 Å². The Bertz CT molecular complexity index is 1680. The summed E-state index contributed by atoms with van der Waals surface area (Å²) >= 11 is 1.28. The number of aryl methyl sites for hydroxylation is 4. The fraction of sp³-hybridized carbons (Fsp3) is 0.321. The highest BCUT2D eigenvalue weighted by Gasteiger charge is 2.19. The van der Waals surface area contributed by atoms with E-state index < -0.39 is 0 Å². The van der Waals surface area contributed by atoms with Gasteiger partial charge in [0.1, 0.15) is 5.75 Å². The van der Waals surface area contributed by atoms with E-state index in [0.29, 0.717) is 64.7 Å². The Labute approximate surface area is 235 Å². The Morgan fingerprint density at radius 3 is 2.50 bits per heavy atom. The zero-order valence-corrected chi connectivity index (χ0v) is 23.9. The summed E-state index contributed by atoms with van der Waals surface area (Å²) in [6.07, 6.45) is 0.581. The number of ether oxygens (including phenoxy) is 3. The van der Waals surface area contributed by atoms with Crippen LogP contribution in [0.1, 0.15) is 24.1 Å². The molecule has 40 heavy (non-hydrogen) atoms. The first-order valence-electron chi connectivity index (χ1n) is 12.9. The Kier molecular flexibility index (Phi) is 8.06. The minimum Gasteiger partial charge on any atom is -0.493 e. The van der Waals surface area contributed by atoms with Crippen LogP contribution in [0.5, 0.6) is 17.2 Å². The predicted molar refractivity (Wildman–Crippen MR) is 154 cm³/mol. The fourth-order valence-corrected chi connectivity index (χ4v) is 5.17. The maximum absolute atomic E-state index is 12.9. The molecule has 0 saturated heterocycles. The number of nitrogens with one attached hydrogen (secondary N) is 1. The van der Waals surface area contributed by atoms with Gasteiger partial charge >= 0.3 is 0 Å². The highest BCUT2D eigenvalue weighted by Crippen LogP contribution is 2.34. The van der Waals surface area contributed by atoms with Gasteiger partial charge in [-0.05, 0) is 45.0 Å². The van der Waals surface area contributed by atoms with Crippen molar-refractivity contribution < 1.29 is 19.0 Å². The van der Waals surface area contributed by atoms with Crippen LogP contribution in [0, 0.1) is 13.8 Å². The maximum Gasteiger partial charge on any atom is 0.234 e. The van der Waals surface area contributed by atoms with Crippen molar-refractivity contribution in [3.63, 3.8) is 0 Å². The van der Waals surface area contributed by atoms with Gasteiger partial charge in [0, 0.05) is 30.1 Å². The van der Waals surface area contributed by atoms with Gasteiger partial charge in [-0.2, -0.15) is 9.61 Å². The van der Waals surface area contributed by atoms with Crippen molar-refractivity contribution in [2.75, 3.05) is 31.9 Å². The van der Waals surface area contributed by atoms with Crippen LogP contribution in [0.25, 0.3) is 16.6 Å². The molecule has 1 amide bonds. The lowest BCUT2D eigenvalue weighted by Gasteiger charge is -2.12. The van der Waals surface area contributed by atoms with Crippen LogP contribution in [0.15, 0.2) is 47.6 Å². The van der Waals surface area contributed by atoms with Crippen molar-refractivity contribution >= 4 is 39.9 Å². The summed E-state index contributed by atoms with van der Waals surface area (Å²) in [5, 5.41) is 13.5. The minimum absolute atomic E-state index is 0.113. The second kappa shape index (κ2) is 11.8. The number of carbonyl (C=O) groups excluding carboxylic acids is 1. The molecule has 11 nitrogen and oxygen atoms in total. The van der Waals surface area contributed by atoms with Crippen LogP contribution in [-0.4, -0.2) is 61.8 Å². The van der Waals surface area contributed by atoms with E-state index in [1.807, 2.05) is 61.9 Å². The van der Waals surface area contributed by atoms with Gasteiger partial charge in [-0.25, -0.2) is 9.97 Å². The number of fused-ring (bicyclic) bond motifs is 3. The molecule has 0 aliphatic carbocycles.